The van der Waals surface area contributed by atoms with E-state index in [0.29, 0.717) is 24.5 Å². The van der Waals surface area contributed by atoms with Crippen molar-refractivity contribution in [2.24, 2.45) is 5.73 Å². The number of thioether (sulfide) groups is 1. The second-order valence-corrected chi connectivity index (χ2v) is 6.28. The third-order valence-corrected chi connectivity index (χ3v) is 4.04. The van der Waals surface area contributed by atoms with Gasteiger partial charge in [0.1, 0.15) is 6.04 Å². The molecule has 1 atom stereocenters. The predicted molar refractivity (Wildman–Crippen MR) is 89.3 cm³/mol. The van der Waals surface area contributed by atoms with Crippen molar-refractivity contribution < 1.29 is 14.3 Å². The fourth-order valence-electron chi connectivity index (χ4n) is 1.47. The van der Waals surface area contributed by atoms with Crippen LogP contribution in [0.25, 0.3) is 0 Å². The van der Waals surface area contributed by atoms with E-state index in [0.717, 1.165) is 10.2 Å². The summed E-state index contributed by atoms with van der Waals surface area (Å²) in [5, 5.41) is 2.80. The average Bonchev–Trinajstić information content (AvgIpc) is 2.46. The van der Waals surface area contributed by atoms with Gasteiger partial charge in [0.2, 0.25) is 5.91 Å². The Hall–Kier alpha value is -1.05. The van der Waals surface area contributed by atoms with Crippen LogP contribution in [-0.2, 0) is 14.3 Å². The van der Waals surface area contributed by atoms with Crippen molar-refractivity contribution in [2.45, 2.75) is 19.4 Å². The lowest BCUT2D eigenvalue weighted by Crippen LogP contribution is -2.32. The Balaban J connectivity index is 2.19. The lowest BCUT2D eigenvalue weighted by atomic mass is 10.2. The number of carbonyl (C=O) groups is 2. The molecule has 116 valence electrons. The molecule has 0 saturated carbocycles. The van der Waals surface area contributed by atoms with Crippen molar-refractivity contribution in [1.82, 2.24) is 0 Å². The van der Waals surface area contributed by atoms with Gasteiger partial charge in [0.25, 0.3) is 0 Å². The van der Waals surface area contributed by atoms with Gasteiger partial charge in [-0.2, -0.15) is 11.8 Å². The quantitative estimate of drug-likeness (QED) is 0.539. The van der Waals surface area contributed by atoms with Crippen molar-refractivity contribution in [3.63, 3.8) is 0 Å². The number of anilines is 1. The Morgan fingerprint density at radius 3 is 2.67 bits per heavy atom. The molecule has 0 aromatic heterocycles. The van der Waals surface area contributed by atoms with Gasteiger partial charge in [0, 0.05) is 10.2 Å². The summed E-state index contributed by atoms with van der Waals surface area (Å²) in [7, 11) is 0. The Morgan fingerprint density at radius 2 is 2.05 bits per heavy atom. The Bertz CT molecular complexity index is 468. The van der Waals surface area contributed by atoms with Gasteiger partial charge in [-0.1, -0.05) is 15.9 Å². The Morgan fingerprint density at radius 1 is 1.38 bits per heavy atom. The second-order valence-electron chi connectivity index (χ2n) is 4.25. The molecule has 0 bridgehead atoms. The SMILES string of the molecule is CCOC(=O)C(N)CCSCC(=O)Nc1ccc(Br)cc1. The molecular formula is C14H19BrN2O3S. The molecule has 0 spiro atoms. The van der Waals surface area contributed by atoms with E-state index in [1.54, 1.807) is 6.92 Å². The van der Waals surface area contributed by atoms with Crippen LogP contribution in [0.3, 0.4) is 0 Å². The smallest absolute Gasteiger partial charge is 0.322 e. The highest BCUT2D eigenvalue weighted by atomic mass is 79.9. The van der Waals surface area contributed by atoms with Crippen LogP contribution in [0.5, 0.6) is 0 Å². The summed E-state index contributed by atoms with van der Waals surface area (Å²) in [6, 6.07) is 6.75. The number of amides is 1. The summed E-state index contributed by atoms with van der Waals surface area (Å²) in [6.45, 7) is 2.07. The zero-order valence-corrected chi connectivity index (χ0v) is 14.2. The Kier molecular flexibility index (Phi) is 8.41. The Labute approximate surface area is 137 Å². The van der Waals surface area contributed by atoms with E-state index in [-0.39, 0.29) is 5.91 Å². The molecule has 0 aliphatic carbocycles. The van der Waals surface area contributed by atoms with Crippen LogP contribution < -0.4 is 11.1 Å². The van der Waals surface area contributed by atoms with Gasteiger partial charge in [0.15, 0.2) is 0 Å². The zero-order valence-electron chi connectivity index (χ0n) is 11.8. The molecule has 1 rings (SSSR count). The molecule has 0 saturated heterocycles. The van der Waals surface area contributed by atoms with Gasteiger partial charge in [0.05, 0.1) is 12.4 Å². The molecule has 0 fully saturated rings. The van der Waals surface area contributed by atoms with Crippen molar-refractivity contribution in [1.29, 1.82) is 0 Å². The fraction of sp³-hybridized carbons (Fsp3) is 0.429. The van der Waals surface area contributed by atoms with Gasteiger partial charge >= 0.3 is 5.97 Å². The maximum absolute atomic E-state index is 11.7. The molecule has 1 aromatic carbocycles. The average molecular weight is 375 g/mol. The van der Waals surface area contributed by atoms with E-state index < -0.39 is 12.0 Å². The summed E-state index contributed by atoms with van der Waals surface area (Å²) in [6.07, 6.45) is 0.495. The summed E-state index contributed by atoms with van der Waals surface area (Å²) < 4.78 is 5.78. The first-order valence-corrected chi connectivity index (χ1v) is 8.53. The maximum atomic E-state index is 11.7. The number of hydrogen-bond acceptors (Lipinski definition) is 5. The highest BCUT2D eigenvalue weighted by molar-refractivity contribution is 9.10. The molecule has 3 N–H and O–H groups in total. The molecule has 7 heteroatoms. The predicted octanol–water partition coefficient (Wildman–Crippen LogP) is 2.40. The second kappa shape index (κ2) is 9.81. The first kappa shape index (κ1) is 18.0. The molecule has 0 aliphatic rings. The van der Waals surface area contributed by atoms with E-state index in [2.05, 4.69) is 21.2 Å². The number of halogens is 1. The monoisotopic (exact) mass is 374 g/mol. The van der Waals surface area contributed by atoms with Crippen molar-refractivity contribution >= 4 is 45.3 Å². The molecule has 5 nitrogen and oxygen atoms in total. The third-order valence-electron chi connectivity index (χ3n) is 2.52. The standard InChI is InChI=1S/C14H19BrN2O3S/c1-2-20-14(19)12(16)7-8-21-9-13(18)17-11-5-3-10(15)4-6-11/h3-6,12H,2,7-9,16H2,1H3,(H,17,18). The highest BCUT2D eigenvalue weighted by Crippen LogP contribution is 2.14. The summed E-state index contributed by atoms with van der Waals surface area (Å²) in [5.41, 5.74) is 6.42. The van der Waals surface area contributed by atoms with Crippen LogP contribution in [-0.4, -0.2) is 36.0 Å². The van der Waals surface area contributed by atoms with E-state index in [4.69, 9.17) is 10.5 Å². The minimum atomic E-state index is -0.619. The van der Waals surface area contributed by atoms with Crippen LogP contribution in [0.2, 0.25) is 0 Å². The minimum absolute atomic E-state index is 0.0768. The van der Waals surface area contributed by atoms with Gasteiger partial charge in [-0.05, 0) is 43.4 Å². The number of benzene rings is 1. The molecule has 1 aromatic rings. The fourth-order valence-corrected chi connectivity index (χ4v) is 2.56. The maximum Gasteiger partial charge on any atom is 0.322 e. The van der Waals surface area contributed by atoms with Gasteiger partial charge in [-0.15, -0.1) is 0 Å². The number of nitrogens with two attached hydrogens (primary N) is 1. The van der Waals surface area contributed by atoms with E-state index in [1.165, 1.54) is 11.8 Å². The summed E-state index contributed by atoms with van der Waals surface area (Å²) >= 11 is 4.77. The van der Waals surface area contributed by atoms with Crippen LogP contribution in [0.15, 0.2) is 28.7 Å². The first-order chi connectivity index (χ1) is 10.0. The van der Waals surface area contributed by atoms with E-state index in [1.807, 2.05) is 24.3 Å². The topological polar surface area (TPSA) is 81.4 Å². The number of ether oxygens (including phenoxy) is 1. The third kappa shape index (κ3) is 7.50. The molecule has 0 radical (unpaired) electrons. The number of rotatable bonds is 8. The molecular weight excluding hydrogens is 356 g/mol. The normalized spacial score (nSPS) is 11.8. The van der Waals surface area contributed by atoms with Crippen LogP contribution in [0, 0.1) is 0 Å². The van der Waals surface area contributed by atoms with E-state index in [9.17, 15) is 9.59 Å². The lowest BCUT2D eigenvalue weighted by molar-refractivity contribution is -0.144. The van der Waals surface area contributed by atoms with Crippen LogP contribution >= 0.6 is 27.7 Å². The molecule has 21 heavy (non-hydrogen) atoms. The van der Waals surface area contributed by atoms with Gasteiger partial charge < -0.3 is 15.8 Å². The van der Waals surface area contributed by atoms with Crippen molar-refractivity contribution in [3.8, 4) is 0 Å². The molecule has 0 heterocycles. The van der Waals surface area contributed by atoms with Crippen molar-refractivity contribution in [3.05, 3.63) is 28.7 Å². The molecule has 1 unspecified atom stereocenters. The first-order valence-electron chi connectivity index (χ1n) is 6.58. The minimum Gasteiger partial charge on any atom is -0.465 e. The largest absolute Gasteiger partial charge is 0.465 e. The van der Waals surface area contributed by atoms with Gasteiger partial charge in [-0.3, -0.25) is 9.59 Å². The van der Waals surface area contributed by atoms with E-state index >= 15 is 0 Å². The number of carbonyl (C=O) groups excluding carboxylic acids is 2. The molecule has 1 amide bonds. The summed E-state index contributed by atoms with van der Waals surface area (Å²) in [5.74, 6) is 0.490. The van der Waals surface area contributed by atoms with Crippen LogP contribution in [0.1, 0.15) is 13.3 Å². The summed E-state index contributed by atoms with van der Waals surface area (Å²) in [4.78, 5) is 23.0. The highest BCUT2D eigenvalue weighted by Gasteiger charge is 2.14. The number of nitrogens with one attached hydrogen (secondary N) is 1. The van der Waals surface area contributed by atoms with Crippen molar-refractivity contribution in [2.75, 3.05) is 23.4 Å². The van der Waals surface area contributed by atoms with Gasteiger partial charge in [-0.25, -0.2) is 0 Å². The zero-order chi connectivity index (χ0) is 15.7. The number of esters is 1. The molecule has 0 aliphatic heterocycles. The van der Waals surface area contributed by atoms with Crippen LogP contribution in [0.4, 0.5) is 5.69 Å². The lowest BCUT2D eigenvalue weighted by Gasteiger charge is -2.10. The number of hydrogen-bond donors (Lipinski definition) is 2.